The average molecular weight is 1010 g/mol. The van der Waals surface area contributed by atoms with Gasteiger partial charge in [-0.1, -0.05) is 67.0 Å². The van der Waals surface area contributed by atoms with Crippen LogP contribution in [0.15, 0.2) is 24.3 Å². The van der Waals surface area contributed by atoms with Gasteiger partial charge in [-0.05, 0) is 70.1 Å². The van der Waals surface area contributed by atoms with Crippen LogP contribution in [0.5, 0.6) is 5.75 Å². The molecule has 0 fully saturated rings. The van der Waals surface area contributed by atoms with Crippen LogP contribution in [0.4, 0.5) is 0 Å². The third-order valence-corrected chi connectivity index (χ3v) is 10.4. The number of likely N-dealkylation sites (N-methyl/N-ethyl adjacent to an activating group) is 1. The van der Waals surface area contributed by atoms with Gasteiger partial charge in [-0.3, -0.25) is 52.7 Å². The van der Waals surface area contributed by atoms with Crippen molar-refractivity contribution in [1.82, 2.24) is 42.5 Å². The third kappa shape index (κ3) is 28.4. The zero-order chi connectivity index (χ0) is 55.2. The molecule has 400 valence electrons. The van der Waals surface area contributed by atoms with Crippen molar-refractivity contribution in [2.24, 2.45) is 23.3 Å². The minimum Gasteiger partial charge on any atom is -0.508 e. The molecule has 23 heteroatoms. The van der Waals surface area contributed by atoms with Gasteiger partial charge in [-0.2, -0.15) is 0 Å². The van der Waals surface area contributed by atoms with Crippen molar-refractivity contribution >= 4 is 70.6 Å². The van der Waals surface area contributed by atoms with Crippen LogP contribution in [0.3, 0.4) is 0 Å². The predicted molar refractivity (Wildman–Crippen MR) is 264 cm³/mol. The Kier molecular flexibility index (Phi) is 32.0. The van der Waals surface area contributed by atoms with Gasteiger partial charge in [0.1, 0.15) is 41.2 Å². The van der Waals surface area contributed by atoms with Gasteiger partial charge in [0.15, 0.2) is 5.78 Å². The summed E-state index contributed by atoms with van der Waals surface area (Å²) < 4.78 is 0. The minimum atomic E-state index is -1.60. The number of Topliss-reactive ketones (excluding diaryl/α,β-unsaturated/α-hetero) is 2. The molecule has 1 aromatic rings. The number of hydrogen-bond donors (Lipinski definition) is 11. The second-order valence-electron chi connectivity index (χ2n) is 17.6. The summed E-state index contributed by atoms with van der Waals surface area (Å²) in [7, 11) is 1.49. The van der Waals surface area contributed by atoms with Gasteiger partial charge in [0.25, 0.3) is 0 Å². The molecule has 71 heavy (non-hydrogen) atoms. The lowest BCUT2D eigenvalue weighted by molar-refractivity contribution is -0.136. The number of carbonyl (C=O) groups is 12. The highest BCUT2D eigenvalue weighted by Gasteiger charge is 2.35. The predicted octanol–water partition coefficient (Wildman–Crippen LogP) is -0.270. The van der Waals surface area contributed by atoms with Crippen molar-refractivity contribution < 1.29 is 62.6 Å². The van der Waals surface area contributed by atoms with E-state index in [0.29, 0.717) is 18.4 Å². The van der Waals surface area contributed by atoms with Crippen molar-refractivity contribution in [2.75, 3.05) is 13.6 Å². The molecule has 0 aliphatic rings. The number of phenols is 1. The number of aromatic hydroxyl groups is 1. The molecule has 23 nitrogen and oxygen atoms in total. The number of amides is 10. The molecule has 0 saturated heterocycles. The molecule has 13 N–H and O–H groups in total. The van der Waals surface area contributed by atoms with Crippen molar-refractivity contribution in [1.29, 1.82) is 0 Å². The number of benzene rings is 1. The highest BCUT2D eigenvalue weighted by atomic mass is 16.3. The van der Waals surface area contributed by atoms with E-state index in [9.17, 15) is 62.6 Å². The van der Waals surface area contributed by atoms with Crippen molar-refractivity contribution in [3.8, 4) is 5.75 Å². The molecule has 0 radical (unpaired) electrons. The molecule has 0 spiro atoms. The Bertz CT molecular complexity index is 1970. The normalized spacial score (nSPS) is 13.1. The summed E-state index contributed by atoms with van der Waals surface area (Å²) in [5, 5.41) is 29.7. The Balaban J connectivity index is 0. The van der Waals surface area contributed by atoms with Crippen LogP contribution in [-0.4, -0.2) is 125 Å². The summed E-state index contributed by atoms with van der Waals surface area (Å²) in [5.41, 5.74) is 10.2. The van der Waals surface area contributed by atoms with Crippen LogP contribution in [0.1, 0.15) is 133 Å². The molecular weight excluding hydrogens is 925 g/mol. The molecule has 0 aromatic heterocycles. The molecule has 10 amide bonds. The molecule has 0 aliphatic carbocycles. The van der Waals surface area contributed by atoms with Gasteiger partial charge in [0.2, 0.25) is 59.1 Å². The fourth-order valence-electron chi connectivity index (χ4n) is 6.12. The summed E-state index contributed by atoms with van der Waals surface area (Å²) in [5.74, 6) is -7.51. The smallest absolute Gasteiger partial charge is 0.245 e. The van der Waals surface area contributed by atoms with Crippen molar-refractivity contribution in [3.05, 3.63) is 29.8 Å². The molecule has 1 aromatic carbocycles. The van der Waals surface area contributed by atoms with Crippen LogP contribution in [0.25, 0.3) is 0 Å². The third-order valence-electron chi connectivity index (χ3n) is 10.4. The number of hydrogen-bond acceptors (Lipinski definition) is 13. The Morgan fingerprint density at radius 1 is 0.634 bits per heavy atom. The number of carbonyl (C=O) groups excluding carboxylic acids is 12. The standard InChI is InChI=1S/C34H51N7O10.C12H23N3O3.C2H6/c1-6-18(3)30(41-33(50)25(37-29(47)7-2)16-21-9-11-22(44)12-10-21)34(51)39-24(14-15-27(35)45)31(48)40-26(17-28(36)46)32(49)38-23(20(5)43)13-8-19(4)42;1-8(2)6-9(16)15-12(3,4)11(18)14-7-10(17)13-5;1-2/h9-12,18,23-26,30,44H,6-8,13-17H2,1-5H3,(H2,35,45)(H2,36,46)(H,37,47)(H,38,49)(H,39,51)(H,40,48)(H,41,50);8H,6-7H2,1-5H3,(H,13,17)(H,14,18)(H,15,16);1-2H3/t18?,23?,24-,25-,26-,30?;;/m0../s1. The van der Waals surface area contributed by atoms with Crippen LogP contribution in [0.2, 0.25) is 0 Å². The second kappa shape index (κ2) is 34.4. The molecule has 0 heterocycles. The summed E-state index contributed by atoms with van der Waals surface area (Å²) in [6.45, 7) is 18.5. The fourth-order valence-corrected chi connectivity index (χ4v) is 6.12. The first-order valence-corrected chi connectivity index (χ1v) is 23.7. The summed E-state index contributed by atoms with van der Waals surface area (Å²) in [6.07, 6.45) is -0.574. The topological polar surface area (TPSA) is 373 Å². The van der Waals surface area contributed by atoms with E-state index in [1.54, 1.807) is 46.8 Å². The van der Waals surface area contributed by atoms with E-state index >= 15 is 0 Å². The van der Waals surface area contributed by atoms with Crippen LogP contribution in [-0.2, 0) is 64.0 Å². The maximum atomic E-state index is 13.7. The van der Waals surface area contributed by atoms with E-state index in [0.717, 1.165) is 0 Å². The number of rotatable bonds is 29. The van der Waals surface area contributed by atoms with E-state index in [1.165, 1.54) is 33.0 Å². The molecule has 0 bridgehead atoms. The first-order chi connectivity index (χ1) is 33.1. The highest BCUT2D eigenvalue weighted by molar-refractivity contribution is 5.98. The van der Waals surface area contributed by atoms with Crippen LogP contribution < -0.4 is 54.0 Å². The highest BCUT2D eigenvalue weighted by Crippen LogP contribution is 2.14. The summed E-state index contributed by atoms with van der Waals surface area (Å²) >= 11 is 0. The summed E-state index contributed by atoms with van der Waals surface area (Å²) in [6, 6.07) is -0.551. The maximum Gasteiger partial charge on any atom is 0.245 e. The largest absolute Gasteiger partial charge is 0.508 e. The van der Waals surface area contributed by atoms with Crippen molar-refractivity contribution in [2.45, 2.75) is 170 Å². The Hall–Kier alpha value is -6.94. The molecule has 1 rings (SSSR count). The van der Waals surface area contributed by atoms with E-state index in [1.807, 2.05) is 27.7 Å². The van der Waals surface area contributed by atoms with Gasteiger partial charge in [0, 0.05) is 39.2 Å². The van der Waals surface area contributed by atoms with Crippen molar-refractivity contribution in [3.63, 3.8) is 0 Å². The Morgan fingerprint density at radius 3 is 1.63 bits per heavy atom. The molecule has 0 aliphatic heterocycles. The lowest BCUT2D eigenvalue weighted by Crippen LogP contribution is -2.60. The minimum absolute atomic E-state index is 0.00674. The van der Waals surface area contributed by atoms with Crippen LogP contribution >= 0.6 is 0 Å². The lowest BCUT2D eigenvalue weighted by atomic mass is 9.96. The monoisotopic (exact) mass is 1000 g/mol. The van der Waals surface area contributed by atoms with Gasteiger partial charge < -0.3 is 63.9 Å². The zero-order valence-electron chi connectivity index (χ0n) is 43.4. The number of nitrogens with two attached hydrogens (primary N) is 2. The first-order valence-electron chi connectivity index (χ1n) is 23.7. The van der Waals surface area contributed by atoms with E-state index in [2.05, 4.69) is 42.5 Å². The number of nitrogens with one attached hydrogen (secondary N) is 8. The molecular formula is C48H80N10O13. The van der Waals surface area contributed by atoms with Gasteiger partial charge in [-0.25, -0.2) is 0 Å². The fraction of sp³-hybridized carbons (Fsp3) is 0.625. The number of ketones is 2. The van der Waals surface area contributed by atoms with Gasteiger partial charge >= 0.3 is 0 Å². The first kappa shape index (κ1) is 66.1. The molecule has 0 saturated carbocycles. The van der Waals surface area contributed by atoms with E-state index < -0.39 is 95.2 Å². The Morgan fingerprint density at radius 2 is 1.15 bits per heavy atom. The lowest BCUT2D eigenvalue weighted by Gasteiger charge is -2.29. The number of primary amides is 2. The Labute approximate surface area is 417 Å². The van der Waals surface area contributed by atoms with E-state index in [-0.39, 0.29) is 80.2 Å². The van der Waals surface area contributed by atoms with Gasteiger partial charge in [0.05, 0.1) is 19.0 Å². The quantitative estimate of drug-likeness (QED) is 0.0493. The molecule has 3 unspecified atom stereocenters. The van der Waals surface area contributed by atoms with Crippen LogP contribution in [0, 0.1) is 11.8 Å². The molecule has 6 atom stereocenters. The van der Waals surface area contributed by atoms with Gasteiger partial charge in [-0.15, -0.1) is 0 Å². The second-order valence-corrected chi connectivity index (χ2v) is 17.6. The average Bonchev–Trinajstić information content (AvgIpc) is 3.29. The summed E-state index contributed by atoms with van der Waals surface area (Å²) in [4.78, 5) is 148. The number of phenolic OH excluding ortho intramolecular Hbond substituents is 1. The maximum absolute atomic E-state index is 13.7. The van der Waals surface area contributed by atoms with E-state index in [4.69, 9.17) is 11.5 Å². The SMILES string of the molecule is CC.CCC(=O)N[C@@H](Cc1ccc(O)cc1)C(=O)NC(C(=O)N[C@@H](CCC(N)=O)C(=O)N[C@@H](CC(N)=O)C(=O)NC(CCC(C)=O)C(C)=O)C(C)CC.CNC(=O)CNC(=O)C(C)(C)NC(=O)CC(C)C. The zero-order valence-corrected chi connectivity index (χ0v) is 43.4.